The summed E-state index contributed by atoms with van der Waals surface area (Å²) in [5, 5.41) is 0. The Balaban J connectivity index is 2.13. The Morgan fingerprint density at radius 1 is 1.50 bits per heavy atom. The van der Waals surface area contributed by atoms with Gasteiger partial charge in [-0.1, -0.05) is 0 Å². The molecule has 1 heterocycles. The van der Waals surface area contributed by atoms with Crippen molar-refractivity contribution in [2.24, 2.45) is 0 Å². The van der Waals surface area contributed by atoms with Crippen LogP contribution in [0, 0.1) is 0 Å². The zero-order valence-corrected chi connectivity index (χ0v) is 9.66. The predicted octanol–water partition coefficient (Wildman–Crippen LogP) is 2.11. The number of hydrogen-bond donors (Lipinski definition) is 2. The molecule has 1 aromatic carbocycles. The molecule has 0 aliphatic carbocycles. The Labute approximate surface area is 94.8 Å². The number of ether oxygens (including phenoxy) is 1. The Bertz CT molecular complexity index is 478. The minimum absolute atomic E-state index is 0.262. The summed E-state index contributed by atoms with van der Waals surface area (Å²) in [6.07, 6.45) is 2.12. The van der Waals surface area contributed by atoms with Crippen LogP contribution >= 0.6 is 0 Å². The topological polar surface area (TPSA) is 63.9 Å². The van der Waals surface area contributed by atoms with E-state index in [-0.39, 0.29) is 6.10 Å². The van der Waals surface area contributed by atoms with Crippen LogP contribution in [0.1, 0.15) is 19.2 Å². The molecule has 2 aromatic rings. The second-order valence-corrected chi connectivity index (χ2v) is 4.05. The number of aromatic amines is 1. The first-order valence-electron chi connectivity index (χ1n) is 5.46. The van der Waals surface area contributed by atoms with E-state index in [1.54, 1.807) is 7.11 Å². The summed E-state index contributed by atoms with van der Waals surface area (Å²) in [6.45, 7) is 2.06. The van der Waals surface area contributed by atoms with Crippen molar-refractivity contribution in [3.8, 4) is 0 Å². The molecule has 0 aliphatic rings. The highest BCUT2D eigenvalue weighted by molar-refractivity contribution is 5.78. The van der Waals surface area contributed by atoms with Crippen LogP contribution in [0.2, 0.25) is 0 Å². The number of H-pyrrole nitrogens is 1. The molecular weight excluding hydrogens is 202 g/mol. The van der Waals surface area contributed by atoms with Gasteiger partial charge in [0.2, 0.25) is 0 Å². The monoisotopic (exact) mass is 219 g/mol. The highest BCUT2D eigenvalue weighted by atomic mass is 16.5. The average Bonchev–Trinajstić information content (AvgIpc) is 2.67. The normalized spacial score (nSPS) is 13.1. The lowest BCUT2D eigenvalue weighted by atomic mass is 10.2. The van der Waals surface area contributed by atoms with Gasteiger partial charge in [0.05, 0.1) is 17.1 Å². The van der Waals surface area contributed by atoms with Crippen LogP contribution < -0.4 is 5.73 Å². The highest BCUT2D eigenvalue weighted by Crippen LogP contribution is 2.16. The van der Waals surface area contributed by atoms with Gasteiger partial charge in [0.1, 0.15) is 5.82 Å². The van der Waals surface area contributed by atoms with Crippen molar-refractivity contribution in [3.63, 3.8) is 0 Å². The first kappa shape index (κ1) is 11.0. The van der Waals surface area contributed by atoms with Crippen LogP contribution in [0.25, 0.3) is 11.0 Å². The molecule has 0 saturated carbocycles. The fourth-order valence-corrected chi connectivity index (χ4v) is 1.66. The van der Waals surface area contributed by atoms with Crippen molar-refractivity contribution in [2.45, 2.75) is 25.9 Å². The van der Waals surface area contributed by atoms with E-state index in [2.05, 4.69) is 16.9 Å². The van der Waals surface area contributed by atoms with Gasteiger partial charge < -0.3 is 15.5 Å². The number of hydrogen-bond acceptors (Lipinski definition) is 3. The summed E-state index contributed by atoms with van der Waals surface area (Å²) in [6, 6.07) is 5.71. The minimum Gasteiger partial charge on any atom is -0.399 e. The van der Waals surface area contributed by atoms with E-state index in [0.29, 0.717) is 0 Å². The van der Waals surface area contributed by atoms with E-state index >= 15 is 0 Å². The van der Waals surface area contributed by atoms with Crippen molar-refractivity contribution in [1.82, 2.24) is 9.97 Å². The van der Waals surface area contributed by atoms with Crippen LogP contribution in [0.5, 0.6) is 0 Å². The number of rotatable bonds is 4. The smallest absolute Gasteiger partial charge is 0.107 e. The summed E-state index contributed by atoms with van der Waals surface area (Å²) < 4.78 is 5.20. The van der Waals surface area contributed by atoms with E-state index in [1.165, 1.54) is 0 Å². The molecule has 1 aromatic heterocycles. The number of methoxy groups -OCH3 is 1. The molecule has 1 unspecified atom stereocenters. The molecule has 0 spiro atoms. The van der Waals surface area contributed by atoms with Crippen LogP contribution in [0.3, 0.4) is 0 Å². The molecule has 3 N–H and O–H groups in total. The fraction of sp³-hybridized carbons (Fsp3) is 0.417. The van der Waals surface area contributed by atoms with Gasteiger partial charge in [-0.2, -0.15) is 0 Å². The lowest BCUT2D eigenvalue weighted by Gasteiger charge is -2.06. The number of aromatic nitrogens is 2. The molecule has 0 saturated heterocycles. The van der Waals surface area contributed by atoms with E-state index in [4.69, 9.17) is 10.5 Å². The number of fused-ring (bicyclic) bond motifs is 1. The summed E-state index contributed by atoms with van der Waals surface area (Å²) >= 11 is 0. The van der Waals surface area contributed by atoms with E-state index in [1.807, 2.05) is 18.2 Å². The van der Waals surface area contributed by atoms with Crippen LogP contribution in [-0.4, -0.2) is 23.2 Å². The minimum atomic E-state index is 0.262. The second kappa shape index (κ2) is 4.53. The van der Waals surface area contributed by atoms with Gasteiger partial charge in [-0.3, -0.25) is 0 Å². The first-order chi connectivity index (χ1) is 7.69. The van der Waals surface area contributed by atoms with Crippen LogP contribution in [-0.2, 0) is 11.2 Å². The summed E-state index contributed by atoms with van der Waals surface area (Å²) in [4.78, 5) is 7.76. The average molecular weight is 219 g/mol. The number of nitrogens with zero attached hydrogens (tertiary/aromatic N) is 1. The van der Waals surface area contributed by atoms with Crippen molar-refractivity contribution < 1.29 is 4.74 Å². The van der Waals surface area contributed by atoms with E-state index < -0.39 is 0 Å². The van der Waals surface area contributed by atoms with Crippen LogP contribution in [0.4, 0.5) is 5.69 Å². The second-order valence-electron chi connectivity index (χ2n) is 4.05. The maximum Gasteiger partial charge on any atom is 0.107 e. The number of benzene rings is 1. The third kappa shape index (κ3) is 2.33. The predicted molar refractivity (Wildman–Crippen MR) is 65.3 cm³/mol. The van der Waals surface area contributed by atoms with E-state index in [0.717, 1.165) is 35.4 Å². The van der Waals surface area contributed by atoms with Crippen molar-refractivity contribution in [3.05, 3.63) is 24.0 Å². The van der Waals surface area contributed by atoms with E-state index in [9.17, 15) is 0 Å². The molecule has 0 fully saturated rings. The molecule has 0 amide bonds. The Hall–Kier alpha value is -1.55. The third-order valence-corrected chi connectivity index (χ3v) is 2.75. The standard InChI is InChI=1S/C12H17N3O/c1-8(16-2)3-6-12-14-10-5-4-9(13)7-11(10)15-12/h4-5,7-8H,3,6,13H2,1-2H3,(H,14,15). The fourth-order valence-electron chi connectivity index (χ4n) is 1.66. The van der Waals surface area contributed by atoms with Crippen molar-refractivity contribution in [1.29, 1.82) is 0 Å². The van der Waals surface area contributed by atoms with Gasteiger partial charge in [-0.05, 0) is 31.5 Å². The zero-order chi connectivity index (χ0) is 11.5. The third-order valence-electron chi connectivity index (χ3n) is 2.75. The Morgan fingerprint density at radius 3 is 3.06 bits per heavy atom. The molecule has 2 rings (SSSR count). The number of imidazole rings is 1. The SMILES string of the molecule is COC(C)CCc1nc2ccc(N)cc2[nH]1. The Morgan fingerprint density at radius 2 is 2.31 bits per heavy atom. The molecule has 4 heteroatoms. The van der Waals surface area contributed by atoms with Gasteiger partial charge in [0.25, 0.3) is 0 Å². The summed E-state index contributed by atoms with van der Waals surface area (Å²) in [5.41, 5.74) is 8.43. The first-order valence-corrected chi connectivity index (χ1v) is 5.46. The van der Waals surface area contributed by atoms with Gasteiger partial charge in [0, 0.05) is 19.2 Å². The van der Waals surface area contributed by atoms with Gasteiger partial charge in [-0.25, -0.2) is 4.98 Å². The number of nitrogens with one attached hydrogen (secondary N) is 1. The van der Waals surface area contributed by atoms with Gasteiger partial charge in [-0.15, -0.1) is 0 Å². The molecule has 4 nitrogen and oxygen atoms in total. The lowest BCUT2D eigenvalue weighted by Crippen LogP contribution is -2.06. The molecule has 16 heavy (non-hydrogen) atoms. The quantitative estimate of drug-likeness (QED) is 0.774. The van der Waals surface area contributed by atoms with Crippen LogP contribution in [0.15, 0.2) is 18.2 Å². The highest BCUT2D eigenvalue weighted by Gasteiger charge is 2.05. The maximum atomic E-state index is 5.71. The van der Waals surface area contributed by atoms with Gasteiger partial charge in [0.15, 0.2) is 0 Å². The number of nitrogen functional groups attached to an aromatic ring is 1. The summed E-state index contributed by atoms with van der Waals surface area (Å²) in [7, 11) is 1.73. The summed E-state index contributed by atoms with van der Waals surface area (Å²) in [5.74, 6) is 0.990. The number of nitrogens with two attached hydrogens (primary N) is 1. The zero-order valence-electron chi connectivity index (χ0n) is 9.66. The molecule has 0 bridgehead atoms. The Kier molecular flexibility index (Phi) is 3.10. The van der Waals surface area contributed by atoms with Crippen molar-refractivity contribution >= 4 is 16.7 Å². The van der Waals surface area contributed by atoms with Gasteiger partial charge >= 0.3 is 0 Å². The molecule has 1 atom stereocenters. The molecule has 86 valence electrons. The largest absolute Gasteiger partial charge is 0.399 e. The number of anilines is 1. The van der Waals surface area contributed by atoms with Crippen molar-refractivity contribution in [2.75, 3.05) is 12.8 Å². The molecular formula is C12H17N3O. The molecule has 0 aliphatic heterocycles. The molecule has 0 radical (unpaired) electrons. The maximum absolute atomic E-state index is 5.71. The lowest BCUT2D eigenvalue weighted by molar-refractivity contribution is 0.111. The number of aryl methyl sites for hydroxylation is 1.